The van der Waals surface area contributed by atoms with Crippen molar-refractivity contribution in [3.8, 4) is 0 Å². The lowest BCUT2D eigenvalue weighted by Crippen LogP contribution is -1.86. The lowest BCUT2D eigenvalue weighted by atomic mass is 10.4. The monoisotopic (exact) mass is 132 g/mol. The first kappa shape index (κ1) is 5.47. The van der Waals surface area contributed by atoms with Crippen molar-refractivity contribution in [2.24, 2.45) is 12.0 Å². The van der Waals surface area contributed by atoms with Crippen molar-refractivity contribution >= 4 is 12.3 Å². The van der Waals surface area contributed by atoms with Gasteiger partial charge in [-0.1, -0.05) is 0 Å². The summed E-state index contributed by atoms with van der Waals surface area (Å²) in [5.74, 6) is 0. The largest absolute Gasteiger partial charge is 0.351 e. The molecule has 0 aromatic carbocycles. The number of allylic oxidation sites excluding steroid dienone is 1. The molecule has 0 bridgehead atoms. The maximum absolute atomic E-state index is 3.94. The highest BCUT2D eigenvalue weighted by molar-refractivity contribution is 5.97. The Morgan fingerprint density at radius 2 is 2.40 bits per heavy atom. The molecular formula is C8H8N2. The lowest BCUT2D eigenvalue weighted by molar-refractivity contribution is 0.914. The fourth-order valence-corrected chi connectivity index (χ4v) is 0.888. The van der Waals surface area contributed by atoms with Gasteiger partial charge in [-0.05, 0) is 18.2 Å². The second kappa shape index (κ2) is 1.84. The summed E-state index contributed by atoms with van der Waals surface area (Å²) < 4.78 is 2.06. The van der Waals surface area contributed by atoms with Crippen LogP contribution in [0.4, 0.5) is 0 Å². The molecule has 1 aromatic rings. The number of aromatic nitrogens is 1. The summed E-state index contributed by atoms with van der Waals surface area (Å²) in [4.78, 5) is 3.94. The van der Waals surface area contributed by atoms with Gasteiger partial charge < -0.3 is 4.57 Å². The fourth-order valence-electron chi connectivity index (χ4n) is 0.888. The summed E-state index contributed by atoms with van der Waals surface area (Å²) in [6.07, 6.45) is 5.93. The van der Waals surface area contributed by atoms with Crippen molar-refractivity contribution in [1.82, 2.24) is 4.57 Å². The van der Waals surface area contributed by atoms with E-state index >= 15 is 0 Å². The normalized spacial score (nSPS) is 18.3. The van der Waals surface area contributed by atoms with E-state index in [-0.39, 0.29) is 0 Å². The van der Waals surface area contributed by atoms with Crippen molar-refractivity contribution in [3.63, 3.8) is 0 Å². The first-order valence-corrected chi connectivity index (χ1v) is 3.23. The number of hydrogen-bond acceptors (Lipinski definition) is 1. The van der Waals surface area contributed by atoms with E-state index in [1.165, 1.54) is 5.69 Å². The molecule has 0 saturated heterocycles. The van der Waals surface area contributed by atoms with Crippen LogP contribution in [0.15, 0.2) is 29.0 Å². The molecule has 0 radical (unpaired) electrons. The second-order valence-corrected chi connectivity index (χ2v) is 2.37. The third-order valence-corrected chi connectivity index (χ3v) is 1.56. The van der Waals surface area contributed by atoms with E-state index in [1.807, 2.05) is 25.5 Å². The van der Waals surface area contributed by atoms with E-state index in [0.29, 0.717) is 0 Å². The van der Waals surface area contributed by atoms with E-state index in [1.54, 1.807) is 0 Å². The minimum absolute atomic E-state index is 1.09. The van der Waals surface area contributed by atoms with Crippen LogP contribution < -0.4 is 0 Å². The van der Waals surface area contributed by atoms with Crippen LogP contribution in [0.1, 0.15) is 5.69 Å². The lowest BCUT2D eigenvalue weighted by Gasteiger charge is -1.92. The molecule has 2 heterocycles. The van der Waals surface area contributed by atoms with Gasteiger partial charge in [0.25, 0.3) is 0 Å². The Kier molecular flexibility index (Phi) is 1.01. The quantitative estimate of drug-likeness (QED) is 0.550. The summed E-state index contributed by atoms with van der Waals surface area (Å²) >= 11 is 0. The molecule has 0 aliphatic carbocycles. The van der Waals surface area contributed by atoms with E-state index in [4.69, 9.17) is 0 Å². The molecule has 1 aromatic heterocycles. The third kappa shape index (κ3) is 0.880. The third-order valence-electron chi connectivity index (χ3n) is 1.56. The minimum Gasteiger partial charge on any atom is -0.351 e. The Morgan fingerprint density at radius 3 is 2.90 bits per heavy atom. The van der Waals surface area contributed by atoms with Crippen molar-refractivity contribution in [1.29, 1.82) is 0 Å². The highest BCUT2D eigenvalue weighted by Gasteiger charge is 2.01. The van der Waals surface area contributed by atoms with Gasteiger partial charge in [0.15, 0.2) is 0 Å². The molecular weight excluding hydrogens is 124 g/mol. The van der Waals surface area contributed by atoms with E-state index in [0.717, 1.165) is 5.70 Å². The fraction of sp³-hybridized carbons (Fsp3) is 0.125. The molecule has 1 aliphatic rings. The summed E-state index contributed by atoms with van der Waals surface area (Å²) in [7, 11) is 2.02. The smallest absolute Gasteiger partial charge is 0.0834 e. The summed E-state index contributed by atoms with van der Waals surface area (Å²) in [6.45, 7) is 0. The zero-order valence-corrected chi connectivity index (χ0v) is 5.78. The van der Waals surface area contributed by atoms with Crippen LogP contribution in [0.25, 0.3) is 6.08 Å². The van der Waals surface area contributed by atoms with Gasteiger partial charge in [0.05, 0.1) is 11.9 Å². The summed E-state index contributed by atoms with van der Waals surface area (Å²) in [5.41, 5.74) is 2.29. The molecule has 1 aliphatic heterocycles. The van der Waals surface area contributed by atoms with Crippen molar-refractivity contribution in [3.05, 3.63) is 29.7 Å². The number of hydrogen-bond donors (Lipinski definition) is 0. The van der Waals surface area contributed by atoms with Gasteiger partial charge in [0.1, 0.15) is 0 Å². The maximum Gasteiger partial charge on any atom is 0.0834 e. The molecule has 0 fully saturated rings. The Hall–Kier alpha value is -1.31. The second-order valence-electron chi connectivity index (χ2n) is 2.37. The van der Waals surface area contributed by atoms with E-state index in [2.05, 4.69) is 21.7 Å². The number of rotatable bonds is 1. The van der Waals surface area contributed by atoms with Gasteiger partial charge in [0, 0.05) is 18.9 Å². The Bertz CT molecular complexity index is 297. The predicted molar refractivity (Wildman–Crippen MR) is 41.9 cm³/mol. The van der Waals surface area contributed by atoms with Crippen molar-refractivity contribution < 1.29 is 0 Å². The molecule has 0 atom stereocenters. The van der Waals surface area contributed by atoms with Crippen LogP contribution in [0.5, 0.6) is 0 Å². The Morgan fingerprint density at radius 1 is 1.60 bits per heavy atom. The van der Waals surface area contributed by atoms with Crippen LogP contribution >= 0.6 is 0 Å². The summed E-state index contributed by atoms with van der Waals surface area (Å²) in [6, 6.07) is 4.09. The molecule has 2 nitrogen and oxygen atoms in total. The number of nitrogens with zero attached hydrogens (tertiary/aromatic N) is 2. The number of aryl methyl sites for hydroxylation is 1. The zero-order valence-electron chi connectivity index (χ0n) is 5.78. The minimum atomic E-state index is 1.09. The van der Waals surface area contributed by atoms with Crippen LogP contribution in [-0.4, -0.2) is 10.8 Å². The van der Waals surface area contributed by atoms with E-state index < -0.39 is 0 Å². The van der Waals surface area contributed by atoms with Crippen LogP contribution in [0.2, 0.25) is 0 Å². The molecule has 0 unspecified atom stereocenters. The standard InChI is InChI=1S/C8H8N2/c1-10-4-2-3-8(10)5-7-6-9-7/h2-6H,1H3/b7-5+. The zero-order chi connectivity index (χ0) is 6.97. The first-order chi connectivity index (χ1) is 4.86. The molecule has 0 spiro atoms. The van der Waals surface area contributed by atoms with Crippen LogP contribution in [0, 0.1) is 0 Å². The van der Waals surface area contributed by atoms with Crippen molar-refractivity contribution in [2.75, 3.05) is 0 Å². The highest BCUT2D eigenvalue weighted by atomic mass is 14.9. The Labute approximate surface area is 59.5 Å². The maximum atomic E-state index is 3.94. The SMILES string of the molecule is Cn1cccc1/C=C1C=N\1. The van der Waals surface area contributed by atoms with Gasteiger partial charge >= 0.3 is 0 Å². The van der Waals surface area contributed by atoms with Crippen LogP contribution in [-0.2, 0) is 7.05 Å². The highest BCUT2D eigenvalue weighted by Crippen LogP contribution is 2.12. The Balaban J connectivity index is 2.33. The number of aliphatic imine (C=N–C) groups is 1. The van der Waals surface area contributed by atoms with Gasteiger partial charge in [-0.15, -0.1) is 0 Å². The average Bonchev–Trinajstić information content (AvgIpc) is 2.62. The molecule has 2 heteroatoms. The topological polar surface area (TPSA) is 17.3 Å². The average molecular weight is 132 g/mol. The van der Waals surface area contributed by atoms with Gasteiger partial charge in [-0.25, -0.2) is 0 Å². The predicted octanol–water partition coefficient (Wildman–Crippen LogP) is 1.45. The molecule has 0 N–H and O–H groups in total. The summed E-state index contributed by atoms with van der Waals surface area (Å²) in [5, 5.41) is 0. The van der Waals surface area contributed by atoms with Gasteiger partial charge in [-0.2, -0.15) is 0 Å². The molecule has 2 rings (SSSR count). The molecule has 0 amide bonds. The molecule has 0 saturated carbocycles. The van der Waals surface area contributed by atoms with Crippen LogP contribution in [0.3, 0.4) is 0 Å². The van der Waals surface area contributed by atoms with E-state index in [9.17, 15) is 0 Å². The van der Waals surface area contributed by atoms with Gasteiger partial charge in [-0.3, -0.25) is 4.99 Å². The molecule has 10 heavy (non-hydrogen) atoms. The first-order valence-electron chi connectivity index (χ1n) is 3.23. The van der Waals surface area contributed by atoms with Gasteiger partial charge in [0.2, 0.25) is 0 Å². The van der Waals surface area contributed by atoms with Crippen molar-refractivity contribution in [2.45, 2.75) is 0 Å². The molecule has 50 valence electrons.